The Labute approximate surface area is 220 Å². The first-order chi connectivity index (χ1) is 17.9. The molecule has 3 aromatic rings. The van der Waals surface area contributed by atoms with Crippen molar-refractivity contribution in [2.45, 2.75) is 38.4 Å². The minimum absolute atomic E-state index is 0.230. The van der Waals surface area contributed by atoms with Crippen molar-refractivity contribution >= 4 is 35.2 Å². The third-order valence-electron chi connectivity index (χ3n) is 7.02. The highest BCUT2D eigenvalue weighted by Gasteiger charge is 2.40. The topological polar surface area (TPSA) is 88.0 Å². The molecule has 0 bridgehead atoms. The minimum atomic E-state index is -0.590. The molecule has 37 heavy (non-hydrogen) atoms. The van der Waals surface area contributed by atoms with Gasteiger partial charge in [-0.2, -0.15) is 5.10 Å². The quantitative estimate of drug-likeness (QED) is 0.483. The summed E-state index contributed by atoms with van der Waals surface area (Å²) in [4.78, 5) is 44.8. The molecule has 1 aromatic heterocycles. The molecule has 10 heteroatoms. The Hall–Kier alpha value is -3.85. The van der Waals surface area contributed by atoms with E-state index in [1.807, 2.05) is 37.3 Å². The molecule has 1 fully saturated rings. The van der Waals surface area contributed by atoms with Crippen LogP contribution in [-0.4, -0.2) is 69.8 Å². The van der Waals surface area contributed by atoms with E-state index in [-0.39, 0.29) is 24.5 Å². The Kier molecular flexibility index (Phi) is 6.88. The molecule has 0 saturated carbocycles. The fraction of sp³-hybridized carbons (Fsp3) is 0.333. The molecule has 5 rings (SSSR count). The van der Waals surface area contributed by atoms with Crippen molar-refractivity contribution in [2.75, 3.05) is 25.1 Å². The number of hydrogen-bond acceptors (Lipinski definition) is 5. The molecule has 0 radical (unpaired) electrons. The number of esters is 1. The summed E-state index contributed by atoms with van der Waals surface area (Å²) in [6.07, 6.45) is 4.79. The number of hydrogen-bond donors (Lipinski definition) is 0. The van der Waals surface area contributed by atoms with Gasteiger partial charge in [-0.3, -0.25) is 4.79 Å². The maximum Gasteiger partial charge on any atom is 0.328 e. The lowest BCUT2D eigenvalue weighted by molar-refractivity contribution is -0.145. The number of carbonyl (C=O) groups excluding carboxylic acids is 3. The number of ether oxygens (including phenoxy) is 1. The van der Waals surface area contributed by atoms with Gasteiger partial charge in [0, 0.05) is 43.8 Å². The number of aromatic nitrogens is 2. The van der Waals surface area contributed by atoms with Crippen LogP contribution >= 0.6 is 11.6 Å². The molecule has 9 nitrogen and oxygen atoms in total. The predicted molar refractivity (Wildman–Crippen MR) is 139 cm³/mol. The summed E-state index contributed by atoms with van der Waals surface area (Å²) in [5, 5.41) is 4.53. The van der Waals surface area contributed by atoms with E-state index < -0.39 is 12.0 Å². The lowest BCUT2D eigenvalue weighted by Crippen LogP contribution is -2.52. The number of fused-ring (bicyclic) bond motifs is 1. The molecule has 0 spiro atoms. The Morgan fingerprint density at radius 1 is 1.08 bits per heavy atom. The van der Waals surface area contributed by atoms with Crippen LogP contribution in [0.25, 0.3) is 5.69 Å². The fourth-order valence-electron chi connectivity index (χ4n) is 5.09. The number of para-hydroxylation sites is 1. The highest BCUT2D eigenvalue weighted by Crippen LogP contribution is 2.32. The van der Waals surface area contributed by atoms with Crippen LogP contribution in [0.2, 0.25) is 5.02 Å². The van der Waals surface area contributed by atoms with Crippen molar-refractivity contribution in [3.05, 3.63) is 77.1 Å². The summed E-state index contributed by atoms with van der Waals surface area (Å²) in [5.41, 5.74) is 2.68. The van der Waals surface area contributed by atoms with Crippen LogP contribution in [0, 0.1) is 0 Å². The number of halogens is 1. The van der Waals surface area contributed by atoms with Crippen LogP contribution in [-0.2, 0) is 16.1 Å². The van der Waals surface area contributed by atoms with E-state index in [1.165, 1.54) is 7.11 Å². The zero-order valence-corrected chi connectivity index (χ0v) is 21.5. The van der Waals surface area contributed by atoms with Crippen molar-refractivity contribution in [2.24, 2.45) is 0 Å². The third-order valence-corrected chi connectivity index (χ3v) is 7.33. The number of likely N-dealkylation sites (tertiary alicyclic amines) is 1. The van der Waals surface area contributed by atoms with Crippen LogP contribution in [0.1, 0.15) is 35.7 Å². The van der Waals surface area contributed by atoms with Crippen LogP contribution in [0.5, 0.6) is 0 Å². The van der Waals surface area contributed by atoms with E-state index in [4.69, 9.17) is 16.3 Å². The normalized spacial score (nSPS) is 19.4. The maximum absolute atomic E-state index is 13.8. The van der Waals surface area contributed by atoms with Gasteiger partial charge in [0.15, 0.2) is 0 Å². The molecule has 2 aliphatic heterocycles. The van der Waals surface area contributed by atoms with Crippen LogP contribution < -0.4 is 4.90 Å². The zero-order chi connectivity index (χ0) is 26.1. The monoisotopic (exact) mass is 521 g/mol. The number of anilines is 1. The van der Waals surface area contributed by atoms with E-state index in [2.05, 4.69) is 5.10 Å². The number of methoxy groups -OCH3 is 1. The van der Waals surface area contributed by atoms with Gasteiger partial charge in [0.05, 0.1) is 23.4 Å². The average molecular weight is 522 g/mol. The van der Waals surface area contributed by atoms with Gasteiger partial charge in [-0.15, -0.1) is 0 Å². The van der Waals surface area contributed by atoms with Gasteiger partial charge in [-0.05, 0) is 55.7 Å². The third kappa shape index (κ3) is 4.67. The molecule has 3 heterocycles. The van der Waals surface area contributed by atoms with E-state index in [0.717, 1.165) is 23.4 Å². The summed E-state index contributed by atoms with van der Waals surface area (Å²) >= 11 is 6.59. The second-order valence-electron chi connectivity index (χ2n) is 9.29. The molecule has 3 amide bonds. The smallest absolute Gasteiger partial charge is 0.328 e. The predicted octanol–water partition coefficient (Wildman–Crippen LogP) is 4.13. The lowest BCUT2D eigenvalue weighted by atomic mass is 10.1. The van der Waals surface area contributed by atoms with Crippen molar-refractivity contribution in [1.29, 1.82) is 0 Å². The molecule has 0 N–H and O–H groups in total. The number of benzene rings is 2. The summed E-state index contributed by atoms with van der Waals surface area (Å²) in [7, 11) is 1.34. The van der Waals surface area contributed by atoms with Crippen LogP contribution in [0.4, 0.5) is 10.5 Å². The molecular formula is C27H28ClN5O4. The van der Waals surface area contributed by atoms with E-state index >= 15 is 0 Å². The standard InChI is InChI=1S/C27H28ClN5O4/c1-18-16-32(25(34)21-11-10-20(15-22(21)28)33-14-6-12-29-33)23-8-4-3-7-19(23)17-31(18)27(36)30-13-5-9-24(30)26(35)37-2/h3-4,6-8,10-12,14-15,18,24H,5,9,13,16-17H2,1-2H3/t18-,24-/m1/s1. The summed E-state index contributed by atoms with van der Waals surface area (Å²) in [5.74, 6) is -0.655. The van der Waals surface area contributed by atoms with Gasteiger partial charge in [-0.1, -0.05) is 29.8 Å². The molecule has 2 aromatic carbocycles. The minimum Gasteiger partial charge on any atom is -0.467 e. The van der Waals surface area contributed by atoms with Crippen LogP contribution in [0.3, 0.4) is 0 Å². The van der Waals surface area contributed by atoms with Gasteiger partial charge in [0.1, 0.15) is 6.04 Å². The molecular weight excluding hydrogens is 494 g/mol. The van der Waals surface area contributed by atoms with Gasteiger partial charge in [0.25, 0.3) is 5.91 Å². The molecule has 2 aliphatic rings. The summed E-state index contributed by atoms with van der Waals surface area (Å²) in [6.45, 7) is 2.99. The number of amides is 3. The van der Waals surface area contributed by atoms with E-state index in [0.29, 0.717) is 30.1 Å². The Morgan fingerprint density at radius 2 is 1.89 bits per heavy atom. The summed E-state index contributed by atoms with van der Waals surface area (Å²) in [6, 6.07) is 13.4. The number of urea groups is 1. The van der Waals surface area contributed by atoms with Crippen molar-refractivity contribution < 1.29 is 19.1 Å². The van der Waals surface area contributed by atoms with E-state index in [1.54, 1.807) is 50.0 Å². The SMILES string of the molecule is COC(=O)[C@H]1CCCN1C(=O)N1Cc2ccccc2N(C(=O)c2ccc(-n3cccn3)cc2Cl)C[C@H]1C. The van der Waals surface area contributed by atoms with Crippen molar-refractivity contribution in [3.8, 4) is 5.69 Å². The number of carbonyl (C=O) groups is 3. The van der Waals surface area contributed by atoms with Gasteiger partial charge < -0.3 is 19.4 Å². The number of nitrogens with zero attached hydrogens (tertiary/aromatic N) is 5. The number of rotatable bonds is 3. The molecule has 0 aliphatic carbocycles. The first kappa shape index (κ1) is 24.8. The second-order valence-corrected chi connectivity index (χ2v) is 9.70. The van der Waals surface area contributed by atoms with Crippen molar-refractivity contribution in [1.82, 2.24) is 19.6 Å². The summed E-state index contributed by atoms with van der Waals surface area (Å²) < 4.78 is 6.60. The molecule has 192 valence electrons. The first-order valence-corrected chi connectivity index (χ1v) is 12.6. The Bertz CT molecular complexity index is 1330. The maximum atomic E-state index is 13.8. The highest BCUT2D eigenvalue weighted by molar-refractivity contribution is 6.34. The first-order valence-electron chi connectivity index (χ1n) is 12.2. The largest absolute Gasteiger partial charge is 0.467 e. The molecule has 0 unspecified atom stereocenters. The van der Waals surface area contributed by atoms with E-state index in [9.17, 15) is 14.4 Å². The second kappa shape index (κ2) is 10.3. The van der Waals surface area contributed by atoms with Crippen molar-refractivity contribution in [3.63, 3.8) is 0 Å². The fourth-order valence-corrected chi connectivity index (χ4v) is 5.34. The lowest BCUT2D eigenvalue weighted by Gasteiger charge is -2.34. The highest BCUT2D eigenvalue weighted by atomic mass is 35.5. The van der Waals surface area contributed by atoms with Crippen LogP contribution in [0.15, 0.2) is 60.9 Å². The Balaban J connectivity index is 1.45. The molecule has 1 saturated heterocycles. The molecule has 2 atom stereocenters. The average Bonchev–Trinajstić information content (AvgIpc) is 3.60. The zero-order valence-electron chi connectivity index (χ0n) is 20.7. The van der Waals surface area contributed by atoms with Gasteiger partial charge in [0.2, 0.25) is 0 Å². The Morgan fingerprint density at radius 3 is 2.62 bits per heavy atom. The van der Waals surface area contributed by atoms with Gasteiger partial charge >= 0.3 is 12.0 Å². The van der Waals surface area contributed by atoms with Gasteiger partial charge in [-0.25, -0.2) is 14.3 Å².